The number of nitrogens with one attached hydrogen (secondary N) is 2. The van der Waals surface area contributed by atoms with E-state index in [1.165, 1.54) is 15.8 Å². The first-order valence-corrected chi connectivity index (χ1v) is 12.6. The van der Waals surface area contributed by atoms with Gasteiger partial charge in [0.2, 0.25) is 10.0 Å². The van der Waals surface area contributed by atoms with Crippen molar-refractivity contribution in [1.82, 2.24) is 20.0 Å². The zero-order valence-corrected chi connectivity index (χ0v) is 20.6. The molecule has 0 saturated carbocycles. The van der Waals surface area contributed by atoms with Gasteiger partial charge in [-0.25, -0.2) is 23.3 Å². The van der Waals surface area contributed by atoms with Crippen LogP contribution >= 0.6 is 0 Å². The third-order valence-corrected chi connectivity index (χ3v) is 6.05. The van der Waals surface area contributed by atoms with Crippen LogP contribution in [-0.2, 0) is 43.1 Å². The van der Waals surface area contributed by atoms with E-state index in [0.717, 1.165) is 0 Å². The van der Waals surface area contributed by atoms with Crippen molar-refractivity contribution in [2.75, 3.05) is 18.1 Å². The van der Waals surface area contributed by atoms with Crippen molar-refractivity contribution in [2.24, 2.45) is 5.92 Å². The molecular formula is C22H31N5O6S. The molecule has 1 unspecified atom stereocenters. The monoisotopic (exact) mass is 493 g/mol. The highest BCUT2D eigenvalue weighted by molar-refractivity contribution is 7.88. The molecular weight excluding hydrogens is 462 g/mol. The number of anilines is 1. The molecule has 0 saturated heterocycles. The fraction of sp³-hybridized carbons (Fsp3) is 0.500. The van der Waals surface area contributed by atoms with Crippen LogP contribution in [0.3, 0.4) is 0 Å². The third kappa shape index (κ3) is 6.78. The predicted octanol–water partition coefficient (Wildman–Crippen LogP) is 1.94. The molecule has 1 aromatic heterocycles. The molecule has 0 spiro atoms. The van der Waals surface area contributed by atoms with Crippen molar-refractivity contribution >= 4 is 27.9 Å². The van der Waals surface area contributed by atoms with E-state index < -0.39 is 33.6 Å². The van der Waals surface area contributed by atoms with Crippen molar-refractivity contribution in [3.05, 3.63) is 47.7 Å². The number of hydrogen-bond acceptors (Lipinski definition) is 8. The molecule has 1 atom stereocenters. The normalized spacial score (nSPS) is 16.1. The lowest BCUT2D eigenvalue weighted by Gasteiger charge is -2.34. The SMILES string of the molecule is CCOC(=O)C1CN(C(=O)OC(C)(C)C)c2c(CNNS(=O)(=O)Cc3ccccc3)cnn2C1. The highest BCUT2D eigenvalue weighted by Crippen LogP contribution is 2.29. The predicted molar refractivity (Wildman–Crippen MR) is 125 cm³/mol. The number of esters is 1. The lowest BCUT2D eigenvalue weighted by molar-refractivity contribution is -0.148. The zero-order chi connectivity index (χ0) is 24.9. The summed E-state index contributed by atoms with van der Waals surface area (Å²) in [6.45, 7) is 7.54. The Kier molecular flexibility index (Phi) is 7.95. The number of aromatic nitrogens is 2. The summed E-state index contributed by atoms with van der Waals surface area (Å²) in [4.78, 5) is 29.0. The van der Waals surface area contributed by atoms with E-state index in [2.05, 4.69) is 15.4 Å². The van der Waals surface area contributed by atoms with E-state index in [0.29, 0.717) is 16.9 Å². The van der Waals surface area contributed by atoms with E-state index in [-0.39, 0.29) is 32.0 Å². The number of rotatable bonds is 8. The van der Waals surface area contributed by atoms with Gasteiger partial charge in [-0.1, -0.05) is 30.3 Å². The van der Waals surface area contributed by atoms with Gasteiger partial charge in [0, 0.05) is 18.7 Å². The maximum absolute atomic E-state index is 13.0. The van der Waals surface area contributed by atoms with E-state index in [4.69, 9.17) is 9.47 Å². The number of fused-ring (bicyclic) bond motifs is 1. The Morgan fingerprint density at radius 1 is 1.18 bits per heavy atom. The summed E-state index contributed by atoms with van der Waals surface area (Å²) >= 11 is 0. The molecule has 2 aromatic rings. The fourth-order valence-electron chi connectivity index (χ4n) is 3.52. The van der Waals surface area contributed by atoms with Gasteiger partial charge in [-0.05, 0) is 33.3 Å². The molecule has 186 valence electrons. The molecule has 11 nitrogen and oxygen atoms in total. The number of carbonyl (C=O) groups excluding carboxylic acids is 2. The smallest absolute Gasteiger partial charge is 0.416 e. The maximum atomic E-state index is 13.0. The summed E-state index contributed by atoms with van der Waals surface area (Å²) in [5.74, 6) is -0.779. The number of nitrogens with zero attached hydrogens (tertiary/aromatic N) is 3. The topological polar surface area (TPSA) is 132 Å². The summed E-state index contributed by atoms with van der Waals surface area (Å²) in [6.07, 6.45) is 0.896. The molecule has 2 heterocycles. The van der Waals surface area contributed by atoms with E-state index in [9.17, 15) is 18.0 Å². The molecule has 3 rings (SSSR count). The second-order valence-electron chi connectivity index (χ2n) is 8.92. The minimum absolute atomic E-state index is 0.0617. The molecule has 0 bridgehead atoms. The van der Waals surface area contributed by atoms with Crippen LogP contribution in [0.1, 0.15) is 38.8 Å². The lowest BCUT2D eigenvalue weighted by Crippen LogP contribution is -2.48. The molecule has 34 heavy (non-hydrogen) atoms. The minimum atomic E-state index is -3.64. The number of amides is 1. The Morgan fingerprint density at radius 2 is 1.88 bits per heavy atom. The van der Waals surface area contributed by atoms with Crippen LogP contribution in [0.25, 0.3) is 0 Å². The van der Waals surface area contributed by atoms with Crippen LogP contribution in [0, 0.1) is 5.92 Å². The highest BCUT2D eigenvalue weighted by Gasteiger charge is 2.37. The Hall–Kier alpha value is -2.96. The summed E-state index contributed by atoms with van der Waals surface area (Å²) in [7, 11) is -3.64. The number of sulfonamides is 1. The van der Waals surface area contributed by atoms with Gasteiger partial charge in [0.25, 0.3) is 0 Å². The van der Waals surface area contributed by atoms with Gasteiger partial charge in [0.05, 0.1) is 31.0 Å². The first kappa shape index (κ1) is 25.7. The Labute approximate surface area is 199 Å². The van der Waals surface area contributed by atoms with Crippen molar-refractivity contribution in [1.29, 1.82) is 0 Å². The van der Waals surface area contributed by atoms with E-state index in [1.54, 1.807) is 52.0 Å². The lowest BCUT2D eigenvalue weighted by atomic mass is 10.1. The molecule has 0 radical (unpaired) electrons. The maximum Gasteiger partial charge on any atom is 0.416 e. The quantitative estimate of drug-likeness (QED) is 0.421. The second kappa shape index (κ2) is 10.5. The fourth-order valence-corrected chi connectivity index (χ4v) is 4.52. The molecule has 12 heteroatoms. The summed E-state index contributed by atoms with van der Waals surface area (Å²) < 4.78 is 37.0. The van der Waals surface area contributed by atoms with Crippen LogP contribution < -0.4 is 15.2 Å². The van der Waals surface area contributed by atoms with Crippen molar-refractivity contribution in [3.8, 4) is 0 Å². The van der Waals surface area contributed by atoms with Crippen LogP contribution in [0.5, 0.6) is 0 Å². The summed E-state index contributed by atoms with van der Waals surface area (Å²) in [5.41, 5.74) is 3.17. The molecule has 1 amide bonds. The summed E-state index contributed by atoms with van der Waals surface area (Å²) in [6, 6.07) is 8.81. The number of benzene rings is 1. The first-order valence-electron chi connectivity index (χ1n) is 11.0. The third-order valence-electron chi connectivity index (χ3n) is 4.88. The Balaban J connectivity index is 1.75. The zero-order valence-electron chi connectivity index (χ0n) is 19.8. The largest absolute Gasteiger partial charge is 0.466 e. The van der Waals surface area contributed by atoms with Crippen molar-refractivity contribution in [3.63, 3.8) is 0 Å². The van der Waals surface area contributed by atoms with Gasteiger partial charge in [-0.15, -0.1) is 0 Å². The minimum Gasteiger partial charge on any atom is -0.466 e. The van der Waals surface area contributed by atoms with E-state index >= 15 is 0 Å². The summed E-state index contributed by atoms with van der Waals surface area (Å²) in [5, 5.41) is 4.30. The number of hydrogen-bond donors (Lipinski definition) is 2. The van der Waals surface area contributed by atoms with Gasteiger partial charge in [-0.2, -0.15) is 9.93 Å². The van der Waals surface area contributed by atoms with Crippen LogP contribution in [-0.4, -0.2) is 49.0 Å². The van der Waals surface area contributed by atoms with Crippen molar-refractivity contribution in [2.45, 2.75) is 52.1 Å². The average Bonchev–Trinajstić information content (AvgIpc) is 3.15. The average molecular weight is 494 g/mol. The first-order chi connectivity index (χ1) is 16.0. The van der Waals surface area contributed by atoms with Crippen LogP contribution in [0.2, 0.25) is 0 Å². The molecule has 0 fully saturated rings. The molecule has 1 aliphatic heterocycles. The second-order valence-corrected chi connectivity index (χ2v) is 10.6. The highest BCUT2D eigenvalue weighted by atomic mass is 32.2. The van der Waals surface area contributed by atoms with Crippen molar-refractivity contribution < 1.29 is 27.5 Å². The molecule has 1 aliphatic rings. The van der Waals surface area contributed by atoms with Gasteiger partial charge < -0.3 is 9.47 Å². The number of ether oxygens (including phenoxy) is 2. The van der Waals surface area contributed by atoms with Gasteiger partial charge in [0.1, 0.15) is 11.4 Å². The molecule has 2 N–H and O–H groups in total. The van der Waals surface area contributed by atoms with E-state index in [1.807, 2.05) is 6.07 Å². The number of carbonyl (C=O) groups is 2. The van der Waals surface area contributed by atoms with Crippen LogP contribution in [0.15, 0.2) is 36.5 Å². The van der Waals surface area contributed by atoms with Crippen LogP contribution in [0.4, 0.5) is 10.6 Å². The molecule has 1 aromatic carbocycles. The van der Waals surface area contributed by atoms with Gasteiger partial charge >= 0.3 is 12.1 Å². The molecule has 0 aliphatic carbocycles. The van der Waals surface area contributed by atoms with Gasteiger partial charge in [-0.3, -0.25) is 9.69 Å². The standard InChI is InChI=1S/C22H31N5O6S/c1-5-32-20(28)18-13-26(21(29)33-22(2,3)4)19-17(12-24-27(19)14-18)11-23-25-34(30,31)15-16-9-7-6-8-10-16/h6-10,12,18,23,25H,5,11,13-15H2,1-4H3. The van der Waals surface area contributed by atoms with Gasteiger partial charge in [0.15, 0.2) is 0 Å². The Morgan fingerprint density at radius 3 is 2.53 bits per heavy atom. The number of hydrazine groups is 1. The Bertz CT molecular complexity index is 1110.